The molecular formula is C25H31N3O3. The molecule has 0 bridgehead atoms. The molecule has 0 aliphatic rings. The standard InChI is InChI=1S/C25H31N3O3/c1-4-23-26-24(31-27-23)15-10-16-25(29)28(18-20-11-6-5-7-12-20)19(2)17-21-13-8-9-14-22(21)30-3/h5-9,11-14,19H,4,10,15-18H2,1-3H3. The smallest absolute Gasteiger partial charge is 0.226 e. The van der Waals surface area contributed by atoms with Crippen LogP contribution in [0.15, 0.2) is 59.1 Å². The first kappa shape index (κ1) is 22.5. The average molecular weight is 422 g/mol. The molecule has 0 saturated carbocycles. The number of benzene rings is 2. The van der Waals surface area contributed by atoms with E-state index in [-0.39, 0.29) is 11.9 Å². The first-order valence-electron chi connectivity index (χ1n) is 10.9. The number of aryl methyl sites for hydroxylation is 2. The van der Waals surface area contributed by atoms with Gasteiger partial charge in [0.15, 0.2) is 5.82 Å². The number of carbonyl (C=O) groups excluding carboxylic acids is 1. The van der Waals surface area contributed by atoms with Crippen LogP contribution in [-0.2, 0) is 30.6 Å². The second-order valence-electron chi connectivity index (χ2n) is 7.68. The summed E-state index contributed by atoms with van der Waals surface area (Å²) in [4.78, 5) is 19.5. The highest BCUT2D eigenvalue weighted by molar-refractivity contribution is 5.76. The van der Waals surface area contributed by atoms with E-state index >= 15 is 0 Å². The lowest BCUT2D eigenvalue weighted by Gasteiger charge is -2.30. The Labute approximate surface area is 184 Å². The molecule has 2 aromatic carbocycles. The predicted molar refractivity (Wildman–Crippen MR) is 120 cm³/mol. The minimum absolute atomic E-state index is 0.0269. The molecule has 1 unspecified atom stereocenters. The van der Waals surface area contributed by atoms with Crippen LogP contribution in [0, 0.1) is 0 Å². The van der Waals surface area contributed by atoms with Crippen molar-refractivity contribution in [3.05, 3.63) is 77.4 Å². The molecule has 6 nitrogen and oxygen atoms in total. The Morgan fingerprint density at radius 2 is 1.87 bits per heavy atom. The largest absolute Gasteiger partial charge is 0.496 e. The number of aromatic nitrogens is 2. The third-order valence-corrected chi connectivity index (χ3v) is 5.36. The molecule has 0 saturated heterocycles. The molecule has 0 fully saturated rings. The second-order valence-corrected chi connectivity index (χ2v) is 7.68. The summed E-state index contributed by atoms with van der Waals surface area (Å²) in [6.07, 6.45) is 3.20. The third kappa shape index (κ3) is 6.41. The Morgan fingerprint density at radius 3 is 2.58 bits per heavy atom. The van der Waals surface area contributed by atoms with Gasteiger partial charge < -0.3 is 14.2 Å². The lowest BCUT2D eigenvalue weighted by molar-refractivity contribution is -0.134. The maximum atomic E-state index is 13.2. The molecule has 0 aliphatic heterocycles. The molecule has 1 aromatic heterocycles. The van der Waals surface area contributed by atoms with Crippen molar-refractivity contribution in [3.63, 3.8) is 0 Å². The summed E-state index contributed by atoms with van der Waals surface area (Å²) in [6.45, 7) is 4.66. The Hall–Kier alpha value is -3.15. The first-order chi connectivity index (χ1) is 15.1. The van der Waals surface area contributed by atoms with E-state index in [0.717, 1.165) is 29.7 Å². The van der Waals surface area contributed by atoms with Gasteiger partial charge >= 0.3 is 0 Å². The molecule has 0 spiro atoms. The number of para-hydroxylation sites is 1. The van der Waals surface area contributed by atoms with Crippen molar-refractivity contribution in [2.45, 2.75) is 58.5 Å². The predicted octanol–water partition coefficient (Wildman–Crippen LogP) is 4.62. The Kier molecular flexibility index (Phi) is 8.21. The van der Waals surface area contributed by atoms with Crippen molar-refractivity contribution in [1.82, 2.24) is 15.0 Å². The van der Waals surface area contributed by atoms with Crippen LogP contribution in [0.5, 0.6) is 5.75 Å². The van der Waals surface area contributed by atoms with E-state index in [1.807, 2.05) is 48.2 Å². The molecule has 0 aliphatic carbocycles. The Balaban J connectivity index is 1.67. The summed E-state index contributed by atoms with van der Waals surface area (Å²) in [5.41, 5.74) is 2.22. The van der Waals surface area contributed by atoms with Crippen molar-refractivity contribution < 1.29 is 14.1 Å². The lowest BCUT2D eigenvalue weighted by atomic mass is 10.0. The molecule has 0 radical (unpaired) electrons. The minimum Gasteiger partial charge on any atom is -0.496 e. The summed E-state index contributed by atoms with van der Waals surface area (Å²) in [5.74, 6) is 2.28. The van der Waals surface area contributed by atoms with Gasteiger partial charge in [-0.05, 0) is 37.0 Å². The van der Waals surface area contributed by atoms with Gasteiger partial charge in [0.2, 0.25) is 11.8 Å². The van der Waals surface area contributed by atoms with Crippen LogP contribution in [0.4, 0.5) is 0 Å². The van der Waals surface area contributed by atoms with E-state index in [1.54, 1.807) is 7.11 Å². The quantitative estimate of drug-likeness (QED) is 0.452. The van der Waals surface area contributed by atoms with E-state index in [1.165, 1.54) is 0 Å². The molecule has 6 heteroatoms. The zero-order chi connectivity index (χ0) is 22.1. The fraction of sp³-hybridized carbons (Fsp3) is 0.400. The van der Waals surface area contributed by atoms with Gasteiger partial charge in [-0.15, -0.1) is 0 Å². The van der Waals surface area contributed by atoms with Crippen molar-refractivity contribution in [1.29, 1.82) is 0 Å². The summed E-state index contributed by atoms with van der Waals surface area (Å²) in [7, 11) is 1.68. The van der Waals surface area contributed by atoms with Crippen LogP contribution < -0.4 is 4.74 Å². The fourth-order valence-electron chi connectivity index (χ4n) is 3.64. The van der Waals surface area contributed by atoms with E-state index in [9.17, 15) is 4.79 Å². The zero-order valence-corrected chi connectivity index (χ0v) is 18.6. The van der Waals surface area contributed by atoms with E-state index < -0.39 is 0 Å². The molecule has 3 rings (SSSR count). The molecule has 164 valence electrons. The molecular weight excluding hydrogens is 390 g/mol. The number of rotatable bonds is 11. The zero-order valence-electron chi connectivity index (χ0n) is 18.6. The number of methoxy groups -OCH3 is 1. The summed E-state index contributed by atoms with van der Waals surface area (Å²) in [6, 6.07) is 18.1. The first-order valence-corrected chi connectivity index (χ1v) is 10.9. The number of nitrogens with zero attached hydrogens (tertiary/aromatic N) is 3. The molecule has 1 heterocycles. The summed E-state index contributed by atoms with van der Waals surface area (Å²) in [5, 5.41) is 3.92. The minimum atomic E-state index is 0.0269. The number of carbonyl (C=O) groups is 1. The van der Waals surface area contributed by atoms with Gasteiger partial charge in [0.25, 0.3) is 0 Å². The molecule has 1 amide bonds. The SMILES string of the molecule is CCc1noc(CCCC(=O)N(Cc2ccccc2)C(C)Cc2ccccc2OC)n1. The van der Waals surface area contributed by atoms with E-state index in [2.05, 4.69) is 35.3 Å². The van der Waals surface area contributed by atoms with Gasteiger partial charge in [-0.1, -0.05) is 60.6 Å². The number of ether oxygens (including phenoxy) is 1. The highest BCUT2D eigenvalue weighted by Gasteiger charge is 2.22. The second kappa shape index (κ2) is 11.3. The Morgan fingerprint density at radius 1 is 1.13 bits per heavy atom. The molecule has 1 atom stereocenters. The fourth-order valence-corrected chi connectivity index (χ4v) is 3.64. The van der Waals surface area contributed by atoms with Gasteiger partial charge in [0.1, 0.15) is 5.75 Å². The van der Waals surface area contributed by atoms with Gasteiger partial charge in [-0.3, -0.25) is 4.79 Å². The maximum Gasteiger partial charge on any atom is 0.226 e. The van der Waals surface area contributed by atoms with Gasteiger partial charge in [-0.25, -0.2) is 0 Å². The van der Waals surface area contributed by atoms with Crippen LogP contribution in [0.2, 0.25) is 0 Å². The highest BCUT2D eigenvalue weighted by Crippen LogP contribution is 2.22. The van der Waals surface area contributed by atoms with Crippen molar-refractivity contribution in [2.24, 2.45) is 0 Å². The number of hydrogen-bond acceptors (Lipinski definition) is 5. The number of hydrogen-bond donors (Lipinski definition) is 0. The van der Waals surface area contributed by atoms with Crippen molar-refractivity contribution in [2.75, 3.05) is 7.11 Å². The number of amides is 1. The maximum absolute atomic E-state index is 13.2. The van der Waals surface area contributed by atoms with E-state index in [4.69, 9.17) is 9.26 Å². The van der Waals surface area contributed by atoms with Crippen LogP contribution in [0.25, 0.3) is 0 Å². The summed E-state index contributed by atoms with van der Waals surface area (Å²) >= 11 is 0. The van der Waals surface area contributed by atoms with Crippen molar-refractivity contribution >= 4 is 5.91 Å². The average Bonchev–Trinajstić information content (AvgIpc) is 3.26. The topological polar surface area (TPSA) is 68.5 Å². The van der Waals surface area contributed by atoms with Crippen LogP contribution in [0.3, 0.4) is 0 Å². The third-order valence-electron chi connectivity index (χ3n) is 5.36. The molecule has 3 aromatic rings. The lowest BCUT2D eigenvalue weighted by Crippen LogP contribution is -2.39. The molecule has 0 N–H and O–H groups in total. The van der Waals surface area contributed by atoms with Gasteiger partial charge in [0, 0.05) is 31.8 Å². The summed E-state index contributed by atoms with van der Waals surface area (Å²) < 4.78 is 10.7. The van der Waals surface area contributed by atoms with Crippen LogP contribution >= 0.6 is 0 Å². The normalized spacial score (nSPS) is 11.8. The monoisotopic (exact) mass is 421 g/mol. The molecule has 31 heavy (non-hydrogen) atoms. The van der Waals surface area contributed by atoms with Crippen molar-refractivity contribution in [3.8, 4) is 5.75 Å². The van der Waals surface area contributed by atoms with Gasteiger partial charge in [0.05, 0.1) is 7.11 Å². The highest BCUT2D eigenvalue weighted by atomic mass is 16.5. The van der Waals surface area contributed by atoms with Gasteiger partial charge in [-0.2, -0.15) is 4.98 Å². The Bertz CT molecular complexity index is 955. The van der Waals surface area contributed by atoms with E-state index in [0.29, 0.717) is 37.5 Å². The van der Waals surface area contributed by atoms with Crippen LogP contribution in [0.1, 0.15) is 49.5 Å². The van der Waals surface area contributed by atoms with Crippen LogP contribution in [-0.4, -0.2) is 34.1 Å².